The Labute approximate surface area is 318 Å². The molecule has 1 aliphatic carbocycles. The summed E-state index contributed by atoms with van der Waals surface area (Å²) in [5.41, 5.74) is 0.649. The molecule has 5 aromatic carbocycles. The monoisotopic (exact) mass is 804 g/mol. The summed E-state index contributed by atoms with van der Waals surface area (Å²) in [4.78, 5) is 0. The molecule has 1 unspecified atom stereocenters. The van der Waals surface area contributed by atoms with Crippen LogP contribution in [0.1, 0.15) is 69.2 Å². The maximum absolute atomic E-state index is 12.7. The molecule has 0 saturated heterocycles. The molecule has 1 aliphatic rings. The number of rotatable bonds is 5. The molecule has 0 fully saturated rings. The van der Waals surface area contributed by atoms with E-state index in [9.17, 15) is 26.3 Å². The Morgan fingerprint density at radius 2 is 1.16 bits per heavy atom. The smallest absolute Gasteiger partial charge is 0.0771 e. The first kappa shape index (κ1) is 43.3. The fourth-order valence-corrected chi connectivity index (χ4v) is 6.10. The van der Waals surface area contributed by atoms with Crippen molar-refractivity contribution < 1.29 is 75.4 Å². The molecule has 0 N–H and O–H groups in total. The van der Waals surface area contributed by atoms with E-state index in [1.165, 1.54) is 70.6 Å². The second-order valence-electron chi connectivity index (χ2n) is 12.8. The van der Waals surface area contributed by atoms with Crippen LogP contribution in [0.5, 0.6) is 0 Å². The zero-order chi connectivity index (χ0) is 35.1. The second-order valence-corrected chi connectivity index (χ2v) is 14.0. The van der Waals surface area contributed by atoms with Gasteiger partial charge in [-0.05, 0) is 0 Å². The zero-order valence-electron chi connectivity index (χ0n) is 28.2. The first-order valence-corrected chi connectivity index (χ1v) is 17.1. The predicted octanol–water partition coefficient (Wildman–Crippen LogP) is 6.70. The SMILES string of the molecule is CCCCC1[C-]=CC(C(C)(C)C)=C1.FC(F)(F)c1cccc([C](=[Zr+2])c2cccc(C(F)(F)F)c2)c1.[Cl-].[Cl-].c1ccc2c(c1)[cH-]c1ccccc12. The average molecular weight is 807 g/mol. The summed E-state index contributed by atoms with van der Waals surface area (Å²) in [5, 5.41) is 5.39. The van der Waals surface area contributed by atoms with E-state index in [1.54, 1.807) is 0 Å². The van der Waals surface area contributed by atoms with Crippen LogP contribution >= 0.6 is 0 Å². The van der Waals surface area contributed by atoms with Crippen LogP contribution < -0.4 is 24.8 Å². The van der Waals surface area contributed by atoms with Crippen LogP contribution in [0.3, 0.4) is 0 Å². The number of allylic oxidation sites excluding steroid dienone is 4. The van der Waals surface area contributed by atoms with Gasteiger partial charge in [0.25, 0.3) is 0 Å². The molecule has 0 radical (unpaired) electrons. The maximum atomic E-state index is 12.7. The molecule has 264 valence electrons. The molecule has 9 heteroatoms. The minimum atomic E-state index is -4.49. The van der Waals surface area contributed by atoms with Crippen LogP contribution in [0, 0.1) is 17.4 Å². The molecule has 0 bridgehead atoms. The number of fused-ring (bicyclic) bond motifs is 3. The van der Waals surface area contributed by atoms with Gasteiger partial charge < -0.3 is 24.8 Å². The molecule has 5 aromatic rings. The molecule has 1 atom stereocenters. The van der Waals surface area contributed by atoms with Crippen molar-refractivity contribution in [1.29, 1.82) is 0 Å². The normalized spacial score (nSPS) is 14.1. The molecular weight excluding hydrogens is 769 g/mol. The van der Waals surface area contributed by atoms with E-state index in [-0.39, 0.29) is 35.9 Å². The van der Waals surface area contributed by atoms with Gasteiger partial charge in [-0.15, -0.1) is 39.7 Å². The first-order valence-electron chi connectivity index (χ1n) is 15.9. The van der Waals surface area contributed by atoms with E-state index >= 15 is 0 Å². The third kappa shape index (κ3) is 11.9. The first-order chi connectivity index (χ1) is 22.6. The number of hydrogen-bond donors (Lipinski definition) is 0. The van der Waals surface area contributed by atoms with Gasteiger partial charge in [-0.2, -0.15) is 11.6 Å². The minimum Gasteiger partial charge on any atom is -1.00 e. The van der Waals surface area contributed by atoms with Gasteiger partial charge in [0.05, 0.1) is 0 Å². The van der Waals surface area contributed by atoms with E-state index in [0.29, 0.717) is 14.5 Å². The molecule has 6 rings (SSSR count). The van der Waals surface area contributed by atoms with E-state index in [1.807, 2.05) is 0 Å². The van der Waals surface area contributed by atoms with Gasteiger partial charge in [0, 0.05) is 0 Å². The van der Waals surface area contributed by atoms with Crippen molar-refractivity contribution in [3.8, 4) is 0 Å². The Bertz CT molecular complexity index is 1800. The van der Waals surface area contributed by atoms with Crippen molar-refractivity contribution in [2.45, 2.75) is 59.3 Å². The summed E-state index contributed by atoms with van der Waals surface area (Å²) < 4.78 is 76.7. The van der Waals surface area contributed by atoms with Crippen LogP contribution in [0.25, 0.3) is 21.5 Å². The van der Waals surface area contributed by atoms with Crippen LogP contribution in [-0.4, -0.2) is 3.21 Å². The van der Waals surface area contributed by atoms with Crippen molar-refractivity contribution in [2.24, 2.45) is 11.3 Å². The number of benzene rings is 4. The summed E-state index contributed by atoms with van der Waals surface area (Å²) in [7, 11) is 0. The van der Waals surface area contributed by atoms with Crippen LogP contribution in [0.2, 0.25) is 0 Å². The van der Waals surface area contributed by atoms with Gasteiger partial charge in [0.2, 0.25) is 0 Å². The molecular formula is C41H38Cl2F6Zr-2. The van der Waals surface area contributed by atoms with Crippen LogP contribution in [-0.2, 0) is 36.6 Å². The standard InChI is InChI=1S/C15H8F6.C13H9.C13H21.2ClH.Zr/c16-14(17,18)12-5-1-3-10(8-12)7-11-4-2-6-13(9-11)15(19,20)21;1-3-7-12-10(5-1)9-11-6-2-4-8-13(11)12;1-5-6-7-11-8-9-12(10-11)13(2,3)4;;;/h1-6,8-9H;1-9H;9-11H,5-7H2,1-4H3;2*1H;/q;2*-1;;;+2/p-2. The molecule has 50 heavy (non-hydrogen) atoms. The van der Waals surface area contributed by atoms with Gasteiger partial charge in [0.1, 0.15) is 0 Å². The Morgan fingerprint density at radius 3 is 1.56 bits per heavy atom. The average Bonchev–Trinajstić information content (AvgIpc) is 3.69. The van der Waals surface area contributed by atoms with Gasteiger partial charge in [-0.25, -0.2) is 6.08 Å². The van der Waals surface area contributed by atoms with Gasteiger partial charge in [-0.1, -0.05) is 94.7 Å². The fourth-order valence-electron chi connectivity index (χ4n) is 5.34. The topological polar surface area (TPSA) is 0 Å². The number of alkyl halides is 6. The number of halogens is 8. The van der Waals surface area contributed by atoms with Crippen molar-refractivity contribution in [2.75, 3.05) is 0 Å². The summed E-state index contributed by atoms with van der Waals surface area (Å²) in [5.74, 6) is 0.592. The van der Waals surface area contributed by atoms with Gasteiger partial charge >= 0.3 is 137 Å². The van der Waals surface area contributed by atoms with E-state index in [2.05, 4.69) is 101 Å². The molecule has 0 spiro atoms. The largest absolute Gasteiger partial charge is 1.00 e. The third-order valence-corrected chi connectivity index (χ3v) is 9.47. The Morgan fingerprint density at radius 1 is 0.700 bits per heavy atom. The fraction of sp³-hybridized carbons (Fsp3) is 0.268. The van der Waals surface area contributed by atoms with E-state index < -0.39 is 23.5 Å². The van der Waals surface area contributed by atoms with Crippen molar-refractivity contribution in [3.63, 3.8) is 0 Å². The van der Waals surface area contributed by atoms with Crippen LogP contribution in [0.4, 0.5) is 26.3 Å². The van der Waals surface area contributed by atoms with Gasteiger partial charge in [0.15, 0.2) is 0 Å². The Balaban J connectivity index is 0.000000268. The second kappa shape index (κ2) is 18.6. The minimum absolute atomic E-state index is 0. The molecule has 0 saturated carbocycles. The van der Waals surface area contributed by atoms with Crippen molar-refractivity contribution >= 4 is 24.8 Å². The number of unbranched alkanes of at least 4 members (excludes halogenated alkanes) is 1. The molecule has 0 aliphatic heterocycles. The van der Waals surface area contributed by atoms with Crippen molar-refractivity contribution in [3.05, 3.63) is 149 Å². The molecule has 0 amide bonds. The maximum Gasteiger partial charge on any atom is -0.0771 e. The van der Waals surface area contributed by atoms with Gasteiger partial charge in [-0.3, -0.25) is 6.08 Å². The van der Waals surface area contributed by atoms with Crippen LogP contribution in [0.15, 0.2) is 121 Å². The predicted molar refractivity (Wildman–Crippen MR) is 182 cm³/mol. The number of hydrogen-bond acceptors (Lipinski definition) is 0. The molecule has 0 nitrogen and oxygen atoms in total. The summed E-state index contributed by atoms with van der Waals surface area (Å²) in [6.45, 7) is 9.03. The molecule has 0 heterocycles. The molecule has 0 aromatic heterocycles. The summed E-state index contributed by atoms with van der Waals surface area (Å²) in [6.07, 6.45) is 2.90. The third-order valence-electron chi connectivity index (χ3n) is 8.05. The van der Waals surface area contributed by atoms with E-state index in [0.717, 1.165) is 48.5 Å². The Hall–Kier alpha value is -2.86. The summed E-state index contributed by atoms with van der Waals surface area (Å²) >= 11 is 0.729. The Kier molecular flexibility index (Phi) is 16.1. The van der Waals surface area contributed by atoms with Crippen molar-refractivity contribution in [1.82, 2.24) is 0 Å². The zero-order valence-corrected chi connectivity index (χ0v) is 32.2. The quantitative estimate of drug-likeness (QED) is 0.137. The van der Waals surface area contributed by atoms with E-state index in [4.69, 9.17) is 0 Å². The summed E-state index contributed by atoms with van der Waals surface area (Å²) in [6, 6.07) is 28.4.